The number of hydrogen-bond acceptors (Lipinski definition) is 5. The third kappa shape index (κ3) is 12.1. The van der Waals surface area contributed by atoms with E-state index in [4.69, 9.17) is 4.74 Å². The second-order valence-electron chi connectivity index (χ2n) is 9.86. The zero-order chi connectivity index (χ0) is 25.6. The van der Waals surface area contributed by atoms with Crippen molar-refractivity contribution in [1.82, 2.24) is 9.80 Å². The van der Waals surface area contributed by atoms with Gasteiger partial charge in [0.15, 0.2) is 0 Å². The summed E-state index contributed by atoms with van der Waals surface area (Å²) in [5.74, 6) is -0.600. The summed E-state index contributed by atoms with van der Waals surface area (Å²) >= 11 is 0. The van der Waals surface area contributed by atoms with Gasteiger partial charge >= 0.3 is 5.97 Å². The fourth-order valence-corrected chi connectivity index (χ4v) is 3.79. The second kappa shape index (κ2) is 15.5. The largest absolute Gasteiger partial charge is 0.460 e. The van der Waals surface area contributed by atoms with Crippen molar-refractivity contribution in [2.45, 2.75) is 104 Å². The molecule has 34 heavy (non-hydrogen) atoms. The molecule has 0 atom stereocenters. The summed E-state index contributed by atoms with van der Waals surface area (Å²) in [5, 5.41) is 0. The smallest absolute Gasteiger partial charge is 0.310 e. The third-order valence-electron chi connectivity index (χ3n) is 5.55. The molecule has 0 radical (unpaired) electrons. The van der Waals surface area contributed by atoms with Gasteiger partial charge in [0.05, 0.1) is 6.42 Å². The van der Waals surface area contributed by atoms with E-state index in [1.54, 1.807) is 0 Å². The molecule has 0 aromatic rings. The van der Waals surface area contributed by atoms with E-state index in [0.717, 1.165) is 44.9 Å². The molecular formula is C27H44N2O5. The molecule has 1 rings (SSSR count). The highest BCUT2D eigenvalue weighted by molar-refractivity contribution is 6.12. The highest BCUT2D eigenvalue weighted by Gasteiger charge is 2.22. The molecule has 0 fully saturated rings. The first kappa shape index (κ1) is 29.6. The Morgan fingerprint density at radius 1 is 0.912 bits per heavy atom. The van der Waals surface area contributed by atoms with Crippen LogP contribution >= 0.6 is 0 Å². The van der Waals surface area contributed by atoms with Crippen molar-refractivity contribution in [3.63, 3.8) is 0 Å². The monoisotopic (exact) mass is 476 g/mol. The van der Waals surface area contributed by atoms with Crippen molar-refractivity contribution in [1.29, 1.82) is 0 Å². The maximum Gasteiger partial charge on any atom is 0.310 e. The predicted octanol–water partition coefficient (Wildman–Crippen LogP) is 4.95. The van der Waals surface area contributed by atoms with E-state index in [-0.39, 0.29) is 30.1 Å². The van der Waals surface area contributed by atoms with Crippen LogP contribution in [0.3, 0.4) is 0 Å². The van der Waals surface area contributed by atoms with E-state index in [1.165, 1.54) is 22.6 Å². The third-order valence-corrected chi connectivity index (χ3v) is 5.55. The Morgan fingerprint density at radius 2 is 1.59 bits per heavy atom. The van der Waals surface area contributed by atoms with Gasteiger partial charge in [-0.2, -0.15) is 0 Å². The Morgan fingerprint density at radius 3 is 2.18 bits per heavy atom. The molecule has 1 aliphatic rings. The first-order valence-electron chi connectivity index (χ1n) is 12.8. The molecule has 0 spiro atoms. The van der Waals surface area contributed by atoms with E-state index in [0.29, 0.717) is 32.5 Å². The number of rotatable bonds is 16. The first-order valence-corrected chi connectivity index (χ1v) is 12.8. The molecule has 0 bridgehead atoms. The molecule has 3 amide bonds. The van der Waals surface area contributed by atoms with E-state index in [2.05, 4.69) is 13.8 Å². The predicted molar refractivity (Wildman–Crippen MR) is 134 cm³/mol. The van der Waals surface area contributed by atoms with Crippen LogP contribution in [-0.4, -0.2) is 58.7 Å². The number of hydrogen-bond donors (Lipinski definition) is 0. The van der Waals surface area contributed by atoms with Crippen molar-refractivity contribution in [3.05, 3.63) is 23.8 Å². The summed E-state index contributed by atoms with van der Waals surface area (Å²) in [4.78, 5) is 51.2. The van der Waals surface area contributed by atoms with Gasteiger partial charge in [-0.05, 0) is 59.3 Å². The van der Waals surface area contributed by atoms with Crippen LogP contribution in [0.4, 0.5) is 0 Å². The fourth-order valence-electron chi connectivity index (χ4n) is 3.79. The minimum absolute atomic E-state index is 0.138. The number of esters is 1. The lowest BCUT2D eigenvalue weighted by molar-refractivity contribution is -0.153. The van der Waals surface area contributed by atoms with Crippen molar-refractivity contribution in [2.75, 3.05) is 19.6 Å². The van der Waals surface area contributed by atoms with Crippen molar-refractivity contribution in [2.24, 2.45) is 0 Å². The molecular weight excluding hydrogens is 432 g/mol. The molecule has 192 valence electrons. The Bertz CT molecular complexity index is 731. The average Bonchev–Trinajstić information content (AvgIpc) is 3.08. The summed E-state index contributed by atoms with van der Waals surface area (Å²) in [5.41, 5.74) is 0.713. The lowest BCUT2D eigenvalue weighted by Gasteiger charge is -2.23. The molecule has 0 aromatic heterocycles. The number of carbonyl (C=O) groups is 4. The Labute approximate surface area is 205 Å². The molecule has 1 aliphatic heterocycles. The van der Waals surface area contributed by atoms with Gasteiger partial charge in [-0.15, -0.1) is 0 Å². The van der Waals surface area contributed by atoms with Gasteiger partial charge < -0.3 is 9.64 Å². The van der Waals surface area contributed by atoms with Gasteiger partial charge in [0.25, 0.3) is 11.8 Å². The maximum atomic E-state index is 12.8. The number of unbranched alkanes of at least 4 members (excludes halogenated alkanes) is 3. The number of imide groups is 1. The van der Waals surface area contributed by atoms with Gasteiger partial charge in [-0.3, -0.25) is 24.1 Å². The van der Waals surface area contributed by atoms with Crippen LogP contribution in [0.25, 0.3) is 0 Å². The number of amides is 3. The molecule has 0 saturated carbocycles. The minimum Gasteiger partial charge on any atom is -0.460 e. The SMILES string of the molecule is CCCC/C(=C/CC(=O)OC(C)(C)C)CCN(CCC)C(=O)CCCCCN1C(=O)C=CC1=O. The van der Waals surface area contributed by atoms with E-state index in [9.17, 15) is 19.2 Å². The maximum absolute atomic E-state index is 12.8. The summed E-state index contributed by atoms with van der Waals surface area (Å²) in [6.45, 7) is 11.6. The van der Waals surface area contributed by atoms with Crippen LogP contribution < -0.4 is 0 Å². The standard InChI is InChI=1S/C27H44N2O5/c1-6-8-12-22(14-17-26(33)34-27(3,4)5)18-21-28(19-7-2)23(30)13-10-9-11-20-29-24(31)15-16-25(29)32/h14-16H,6-13,17-21H2,1-5H3/b22-14-. The molecule has 0 aliphatic carbocycles. The summed E-state index contributed by atoms with van der Waals surface area (Å²) in [6, 6.07) is 0. The van der Waals surface area contributed by atoms with Crippen LogP contribution in [0.2, 0.25) is 0 Å². The van der Waals surface area contributed by atoms with Crippen molar-refractivity contribution in [3.8, 4) is 0 Å². The van der Waals surface area contributed by atoms with Crippen molar-refractivity contribution < 1.29 is 23.9 Å². The molecule has 0 unspecified atom stereocenters. The normalized spacial score (nSPS) is 14.1. The molecule has 7 heteroatoms. The van der Waals surface area contributed by atoms with E-state index < -0.39 is 5.60 Å². The quantitative estimate of drug-likeness (QED) is 0.136. The number of nitrogens with zero attached hydrogens (tertiary/aromatic N) is 2. The fraction of sp³-hybridized carbons (Fsp3) is 0.704. The summed E-state index contributed by atoms with van der Waals surface area (Å²) in [7, 11) is 0. The van der Waals surface area contributed by atoms with Crippen molar-refractivity contribution >= 4 is 23.7 Å². The average molecular weight is 477 g/mol. The highest BCUT2D eigenvalue weighted by atomic mass is 16.6. The zero-order valence-electron chi connectivity index (χ0n) is 21.9. The second-order valence-corrected chi connectivity index (χ2v) is 9.86. The van der Waals surface area contributed by atoms with Gasteiger partial charge in [-0.25, -0.2) is 0 Å². The number of carbonyl (C=O) groups excluding carboxylic acids is 4. The Kier molecular flexibility index (Phi) is 13.5. The van der Waals surface area contributed by atoms with Gasteiger partial charge in [0.2, 0.25) is 5.91 Å². The molecule has 0 N–H and O–H groups in total. The minimum atomic E-state index is -0.491. The van der Waals surface area contributed by atoms with E-state index in [1.807, 2.05) is 31.7 Å². The van der Waals surface area contributed by atoms with Crippen LogP contribution in [-0.2, 0) is 23.9 Å². The van der Waals surface area contributed by atoms with Crippen LogP contribution in [0.15, 0.2) is 23.8 Å². The molecule has 0 aromatic carbocycles. The summed E-state index contributed by atoms with van der Waals surface area (Å²) < 4.78 is 5.41. The summed E-state index contributed by atoms with van der Waals surface area (Å²) in [6.07, 6.45) is 12.2. The van der Waals surface area contributed by atoms with E-state index >= 15 is 0 Å². The topological polar surface area (TPSA) is 84.0 Å². The Hall–Kier alpha value is -2.44. The van der Waals surface area contributed by atoms with Crippen LogP contribution in [0, 0.1) is 0 Å². The van der Waals surface area contributed by atoms with Gasteiger partial charge in [0.1, 0.15) is 5.60 Å². The molecule has 0 saturated heterocycles. The van der Waals surface area contributed by atoms with Crippen LogP contribution in [0.1, 0.15) is 98.8 Å². The molecule has 7 nitrogen and oxygen atoms in total. The lowest BCUT2D eigenvalue weighted by atomic mass is 10.0. The Balaban J connectivity index is 2.49. The highest BCUT2D eigenvalue weighted by Crippen LogP contribution is 2.17. The van der Waals surface area contributed by atoms with Gasteiger partial charge in [-0.1, -0.05) is 38.3 Å². The van der Waals surface area contributed by atoms with Crippen LogP contribution in [0.5, 0.6) is 0 Å². The zero-order valence-corrected chi connectivity index (χ0v) is 21.9. The van der Waals surface area contributed by atoms with Gasteiger partial charge in [0, 0.05) is 38.2 Å². The molecule has 1 heterocycles. The first-order chi connectivity index (χ1) is 16.1. The lowest BCUT2D eigenvalue weighted by Crippen LogP contribution is -2.33. The number of ether oxygens (including phenoxy) is 1.